The summed E-state index contributed by atoms with van der Waals surface area (Å²) in [6.07, 6.45) is 2.96. The predicted octanol–water partition coefficient (Wildman–Crippen LogP) is 2.15. The second-order valence-electron chi connectivity index (χ2n) is 4.69. The van der Waals surface area contributed by atoms with Crippen molar-refractivity contribution in [3.63, 3.8) is 0 Å². The summed E-state index contributed by atoms with van der Waals surface area (Å²) in [5.41, 5.74) is 1.00. The Balaban J connectivity index is 2.26. The van der Waals surface area contributed by atoms with Crippen LogP contribution in [0.1, 0.15) is 31.9 Å². The number of hydrogen-bond donors (Lipinski definition) is 2. The molecule has 0 aliphatic heterocycles. The summed E-state index contributed by atoms with van der Waals surface area (Å²) in [7, 11) is -3.69. The van der Waals surface area contributed by atoms with E-state index >= 15 is 0 Å². The fourth-order valence-electron chi connectivity index (χ4n) is 1.93. The van der Waals surface area contributed by atoms with Crippen LogP contribution in [0.5, 0.6) is 0 Å². The van der Waals surface area contributed by atoms with Crippen LogP contribution in [0, 0.1) is 0 Å². The number of nitrogens with zero attached hydrogens (tertiary/aromatic N) is 2. The van der Waals surface area contributed by atoms with Gasteiger partial charge in [0, 0.05) is 12.7 Å². The van der Waals surface area contributed by atoms with E-state index in [1.165, 1.54) is 18.3 Å². The Bertz CT molecular complexity index is 710. The smallest absolute Gasteiger partial charge is 0.262 e. The molecule has 21 heavy (non-hydrogen) atoms. The van der Waals surface area contributed by atoms with E-state index in [1.807, 2.05) is 13.8 Å². The van der Waals surface area contributed by atoms with Gasteiger partial charge in [-0.3, -0.25) is 9.40 Å². The van der Waals surface area contributed by atoms with Gasteiger partial charge in [-0.2, -0.15) is 5.10 Å². The Kier molecular flexibility index (Phi) is 4.64. The molecule has 2 N–H and O–H groups in total. The summed E-state index contributed by atoms with van der Waals surface area (Å²) in [4.78, 5) is 0.122. The first-order valence-corrected chi connectivity index (χ1v) is 8.28. The Hall–Kier alpha value is -1.86. The quantitative estimate of drug-likeness (QED) is 0.856. The lowest BCUT2D eigenvalue weighted by molar-refractivity contribution is 0.173. The van der Waals surface area contributed by atoms with Crippen LogP contribution in [0.2, 0.25) is 0 Å². The SMILES string of the molecule is CCC(O)c1cccc(S(=O)(=O)Nc2cnn(CC)c2)c1. The Labute approximate surface area is 124 Å². The van der Waals surface area contributed by atoms with Crippen molar-refractivity contribution in [2.45, 2.75) is 37.8 Å². The number of aryl methyl sites for hydroxylation is 1. The van der Waals surface area contributed by atoms with Gasteiger partial charge in [-0.25, -0.2) is 8.42 Å². The van der Waals surface area contributed by atoms with Crippen molar-refractivity contribution in [2.24, 2.45) is 0 Å². The van der Waals surface area contributed by atoms with Crippen LogP contribution in [0.3, 0.4) is 0 Å². The van der Waals surface area contributed by atoms with Crippen LogP contribution in [0.15, 0.2) is 41.6 Å². The largest absolute Gasteiger partial charge is 0.388 e. The maximum absolute atomic E-state index is 12.3. The zero-order chi connectivity index (χ0) is 15.5. The first-order chi connectivity index (χ1) is 9.96. The fraction of sp³-hybridized carbons (Fsp3) is 0.357. The van der Waals surface area contributed by atoms with E-state index in [0.717, 1.165) is 0 Å². The summed E-state index contributed by atoms with van der Waals surface area (Å²) < 4.78 is 28.8. The Morgan fingerprint density at radius 3 is 2.76 bits per heavy atom. The second kappa shape index (κ2) is 6.28. The van der Waals surface area contributed by atoms with Gasteiger partial charge in [-0.05, 0) is 31.0 Å². The summed E-state index contributed by atoms with van der Waals surface area (Å²) >= 11 is 0. The molecule has 0 amide bonds. The molecular weight excluding hydrogens is 290 g/mol. The third-order valence-electron chi connectivity index (χ3n) is 3.15. The highest BCUT2D eigenvalue weighted by molar-refractivity contribution is 7.92. The van der Waals surface area contributed by atoms with Crippen molar-refractivity contribution in [1.29, 1.82) is 0 Å². The first kappa shape index (κ1) is 15.5. The van der Waals surface area contributed by atoms with Crippen LogP contribution in [0.4, 0.5) is 5.69 Å². The molecular formula is C14H19N3O3S. The summed E-state index contributed by atoms with van der Waals surface area (Å²) in [6.45, 7) is 4.42. The monoisotopic (exact) mass is 309 g/mol. The molecule has 7 heteroatoms. The van der Waals surface area contributed by atoms with Crippen molar-refractivity contribution in [2.75, 3.05) is 4.72 Å². The molecule has 0 fully saturated rings. The first-order valence-electron chi connectivity index (χ1n) is 6.79. The van der Waals surface area contributed by atoms with E-state index < -0.39 is 16.1 Å². The molecule has 0 aliphatic carbocycles. The van der Waals surface area contributed by atoms with Crippen molar-refractivity contribution >= 4 is 15.7 Å². The lowest BCUT2D eigenvalue weighted by Gasteiger charge is -2.11. The topological polar surface area (TPSA) is 84.2 Å². The van der Waals surface area contributed by atoms with Gasteiger partial charge in [-0.1, -0.05) is 19.1 Å². The van der Waals surface area contributed by atoms with Crippen LogP contribution in [0.25, 0.3) is 0 Å². The molecule has 1 atom stereocenters. The zero-order valence-corrected chi connectivity index (χ0v) is 12.8. The van der Waals surface area contributed by atoms with Gasteiger partial charge < -0.3 is 5.11 Å². The maximum atomic E-state index is 12.3. The highest BCUT2D eigenvalue weighted by atomic mass is 32.2. The molecule has 0 aliphatic rings. The molecule has 1 aromatic carbocycles. The number of rotatable bonds is 6. The van der Waals surface area contributed by atoms with Crippen LogP contribution in [-0.2, 0) is 16.6 Å². The molecule has 2 aromatic rings. The summed E-state index contributed by atoms with van der Waals surface area (Å²) in [6, 6.07) is 6.32. The molecule has 0 spiro atoms. The van der Waals surface area contributed by atoms with Crippen LogP contribution < -0.4 is 4.72 Å². The molecule has 1 heterocycles. The van der Waals surface area contributed by atoms with Gasteiger partial charge in [0.1, 0.15) is 0 Å². The highest BCUT2D eigenvalue weighted by Crippen LogP contribution is 2.21. The molecule has 0 radical (unpaired) electrons. The molecule has 1 unspecified atom stereocenters. The van der Waals surface area contributed by atoms with Gasteiger partial charge in [0.2, 0.25) is 0 Å². The van der Waals surface area contributed by atoms with E-state index in [1.54, 1.807) is 23.0 Å². The Morgan fingerprint density at radius 2 is 2.14 bits per heavy atom. The number of aliphatic hydroxyl groups excluding tert-OH is 1. The minimum absolute atomic E-state index is 0.122. The number of hydrogen-bond acceptors (Lipinski definition) is 4. The van der Waals surface area contributed by atoms with Gasteiger partial charge in [0.25, 0.3) is 10.0 Å². The number of aliphatic hydroxyl groups is 1. The van der Waals surface area contributed by atoms with E-state index in [-0.39, 0.29) is 4.90 Å². The molecule has 6 nitrogen and oxygen atoms in total. The van der Waals surface area contributed by atoms with Crippen LogP contribution >= 0.6 is 0 Å². The fourth-order valence-corrected chi connectivity index (χ4v) is 3.01. The minimum Gasteiger partial charge on any atom is -0.388 e. The minimum atomic E-state index is -3.69. The third-order valence-corrected chi connectivity index (χ3v) is 4.53. The van der Waals surface area contributed by atoms with Gasteiger partial charge in [0.15, 0.2) is 0 Å². The van der Waals surface area contributed by atoms with Crippen molar-refractivity contribution in [3.8, 4) is 0 Å². The molecule has 1 aromatic heterocycles. The number of sulfonamides is 1. The van der Waals surface area contributed by atoms with E-state index in [4.69, 9.17) is 0 Å². The van der Waals surface area contributed by atoms with Crippen LogP contribution in [-0.4, -0.2) is 23.3 Å². The average molecular weight is 309 g/mol. The van der Waals surface area contributed by atoms with Gasteiger partial charge >= 0.3 is 0 Å². The van der Waals surface area contributed by atoms with Gasteiger partial charge in [0.05, 0.1) is 22.9 Å². The Morgan fingerprint density at radius 1 is 1.38 bits per heavy atom. The van der Waals surface area contributed by atoms with Gasteiger partial charge in [-0.15, -0.1) is 0 Å². The molecule has 0 bridgehead atoms. The molecule has 0 saturated heterocycles. The third kappa shape index (κ3) is 3.62. The maximum Gasteiger partial charge on any atom is 0.262 e. The standard InChI is InChI=1S/C14H19N3O3S/c1-3-14(18)11-6-5-7-13(8-11)21(19,20)16-12-9-15-17(4-2)10-12/h5-10,14,16,18H,3-4H2,1-2H3. The zero-order valence-electron chi connectivity index (χ0n) is 12.0. The lowest BCUT2D eigenvalue weighted by atomic mass is 10.1. The number of nitrogens with one attached hydrogen (secondary N) is 1. The van der Waals surface area contributed by atoms with Crippen molar-refractivity contribution in [1.82, 2.24) is 9.78 Å². The summed E-state index contributed by atoms with van der Waals surface area (Å²) in [5.74, 6) is 0. The second-order valence-corrected chi connectivity index (χ2v) is 6.37. The normalized spacial score (nSPS) is 13.1. The van der Waals surface area contributed by atoms with E-state index in [9.17, 15) is 13.5 Å². The predicted molar refractivity (Wildman–Crippen MR) is 80.4 cm³/mol. The molecule has 2 rings (SSSR count). The number of benzene rings is 1. The highest BCUT2D eigenvalue weighted by Gasteiger charge is 2.17. The number of aromatic nitrogens is 2. The van der Waals surface area contributed by atoms with E-state index in [0.29, 0.717) is 24.2 Å². The lowest BCUT2D eigenvalue weighted by Crippen LogP contribution is -2.13. The molecule has 0 saturated carbocycles. The van der Waals surface area contributed by atoms with Crippen molar-refractivity contribution in [3.05, 3.63) is 42.2 Å². The van der Waals surface area contributed by atoms with E-state index in [2.05, 4.69) is 9.82 Å². The summed E-state index contributed by atoms with van der Waals surface area (Å²) in [5, 5.41) is 13.8. The number of anilines is 1. The van der Waals surface area contributed by atoms with Crippen molar-refractivity contribution < 1.29 is 13.5 Å². The average Bonchev–Trinajstić information content (AvgIpc) is 2.93. The molecule has 114 valence electrons.